The third-order valence-corrected chi connectivity index (χ3v) is 3.92. The Hall–Kier alpha value is -1.53. The molecule has 6 heteroatoms. The number of fused-ring (bicyclic) bond motifs is 1. The minimum absolute atomic E-state index is 0.0649. The van der Waals surface area contributed by atoms with Gasteiger partial charge >= 0.3 is 5.97 Å². The van der Waals surface area contributed by atoms with Gasteiger partial charge in [-0.1, -0.05) is 6.07 Å². The predicted octanol–water partition coefficient (Wildman–Crippen LogP) is 1.23. The molecule has 96 valence electrons. The fraction of sp³-hybridized carbons (Fsp3) is 0.333. The van der Waals surface area contributed by atoms with Crippen LogP contribution in [0.15, 0.2) is 23.1 Å². The molecule has 0 spiro atoms. The molecule has 18 heavy (non-hydrogen) atoms. The molecule has 1 aliphatic heterocycles. The van der Waals surface area contributed by atoms with Crippen molar-refractivity contribution in [2.24, 2.45) is 5.73 Å². The lowest BCUT2D eigenvalue weighted by Crippen LogP contribution is -2.31. The number of carbonyl (C=O) groups excluding carboxylic acids is 1. The average Bonchev–Trinajstić information content (AvgIpc) is 2.32. The van der Waals surface area contributed by atoms with Crippen LogP contribution in [0.1, 0.15) is 18.0 Å². The number of rotatable bonds is 3. The predicted molar refractivity (Wildman–Crippen MR) is 69.8 cm³/mol. The summed E-state index contributed by atoms with van der Waals surface area (Å²) in [5.41, 5.74) is 7.45. The maximum Gasteiger partial charge on any atom is 0.305 e. The van der Waals surface area contributed by atoms with Crippen LogP contribution >= 0.6 is 11.8 Å². The van der Waals surface area contributed by atoms with E-state index in [2.05, 4.69) is 0 Å². The zero-order chi connectivity index (χ0) is 13.3. The second-order valence-corrected chi connectivity index (χ2v) is 5.19. The second-order valence-electron chi connectivity index (χ2n) is 4.17. The summed E-state index contributed by atoms with van der Waals surface area (Å²) in [6.07, 6.45) is -0.0990. The Labute approximate surface area is 109 Å². The summed E-state index contributed by atoms with van der Waals surface area (Å²) in [5, 5.41) is 8.72. The molecule has 0 saturated carbocycles. The van der Waals surface area contributed by atoms with Gasteiger partial charge in [0.05, 0.1) is 17.9 Å². The van der Waals surface area contributed by atoms with Gasteiger partial charge in [0.2, 0.25) is 5.91 Å². The molecule has 1 aromatic carbocycles. The minimum atomic E-state index is -0.917. The number of carbonyl (C=O) groups is 2. The van der Waals surface area contributed by atoms with Crippen molar-refractivity contribution in [3.8, 4) is 0 Å². The maximum atomic E-state index is 11.5. The highest BCUT2D eigenvalue weighted by Crippen LogP contribution is 2.36. The first-order valence-electron chi connectivity index (χ1n) is 5.49. The standard InChI is InChI=1S/C12H14N2O3S/c1-14-9-3-2-7(8(13)5-12(16)17)4-10(9)18-6-11(14)15/h2-4,8H,5-6,13H2,1H3,(H,16,17). The Bertz CT molecular complexity index is 504. The molecule has 1 atom stereocenters. The molecular formula is C12H14N2O3S. The lowest BCUT2D eigenvalue weighted by atomic mass is 10.0. The van der Waals surface area contributed by atoms with Crippen LogP contribution in [0.3, 0.4) is 0 Å². The van der Waals surface area contributed by atoms with E-state index in [4.69, 9.17) is 10.8 Å². The summed E-state index contributed by atoms with van der Waals surface area (Å²) in [7, 11) is 1.73. The fourth-order valence-electron chi connectivity index (χ4n) is 1.83. The van der Waals surface area contributed by atoms with E-state index in [0.29, 0.717) is 5.75 Å². The van der Waals surface area contributed by atoms with Crippen molar-refractivity contribution in [1.82, 2.24) is 0 Å². The average molecular weight is 266 g/mol. The highest BCUT2D eigenvalue weighted by atomic mass is 32.2. The summed E-state index contributed by atoms with van der Waals surface area (Å²) >= 11 is 1.46. The van der Waals surface area contributed by atoms with Crippen LogP contribution in [-0.2, 0) is 9.59 Å². The van der Waals surface area contributed by atoms with Crippen LogP contribution in [0.4, 0.5) is 5.69 Å². The largest absolute Gasteiger partial charge is 0.481 e. The minimum Gasteiger partial charge on any atom is -0.481 e. The topological polar surface area (TPSA) is 83.6 Å². The molecule has 0 fully saturated rings. The number of nitrogens with two attached hydrogens (primary N) is 1. The lowest BCUT2D eigenvalue weighted by Gasteiger charge is -2.26. The van der Waals surface area contributed by atoms with Crippen LogP contribution in [0.2, 0.25) is 0 Å². The van der Waals surface area contributed by atoms with E-state index in [1.165, 1.54) is 11.8 Å². The highest BCUT2D eigenvalue weighted by Gasteiger charge is 2.22. The van der Waals surface area contributed by atoms with Gasteiger partial charge in [-0.05, 0) is 17.7 Å². The third-order valence-electron chi connectivity index (χ3n) is 2.89. The Kier molecular flexibility index (Phi) is 3.58. The Morgan fingerprint density at radius 2 is 2.33 bits per heavy atom. The molecule has 0 bridgehead atoms. The van der Waals surface area contributed by atoms with Crippen LogP contribution in [-0.4, -0.2) is 29.8 Å². The number of benzene rings is 1. The van der Waals surface area contributed by atoms with Crippen molar-refractivity contribution in [3.63, 3.8) is 0 Å². The van der Waals surface area contributed by atoms with E-state index in [1.54, 1.807) is 18.0 Å². The normalized spacial score (nSPS) is 16.3. The number of nitrogens with zero attached hydrogens (tertiary/aromatic N) is 1. The zero-order valence-corrected chi connectivity index (χ0v) is 10.7. The van der Waals surface area contributed by atoms with Crippen molar-refractivity contribution < 1.29 is 14.7 Å². The quantitative estimate of drug-likeness (QED) is 0.859. The zero-order valence-electron chi connectivity index (χ0n) is 9.92. The molecule has 0 aliphatic carbocycles. The second kappa shape index (κ2) is 4.99. The summed E-state index contributed by atoms with van der Waals surface area (Å²) in [6.45, 7) is 0. The van der Waals surface area contributed by atoms with Gasteiger partial charge in [-0.15, -0.1) is 11.8 Å². The van der Waals surface area contributed by atoms with E-state index in [9.17, 15) is 9.59 Å². The van der Waals surface area contributed by atoms with Gasteiger partial charge in [0.1, 0.15) is 0 Å². The molecule has 0 saturated heterocycles. The molecule has 1 aliphatic rings. The van der Waals surface area contributed by atoms with Crippen LogP contribution in [0.5, 0.6) is 0 Å². The third kappa shape index (κ3) is 2.49. The van der Waals surface area contributed by atoms with Crippen LogP contribution in [0, 0.1) is 0 Å². The van der Waals surface area contributed by atoms with Gasteiger partial charge in [-0.3, -0.25) is 9.59 Å². The smallest absolute Gasteiger partial charge is 0.305 e. The molecule has 5 nitrogen and oxygen atoms in total. The Morgan fingerprint density at radius 3 is 3.00 bits per heavy atom. The number of amides is 1. The number of carboxylic acids is 1. The van der Waals surface area contributed by atoms with Gasteiger partial charge in [0.25, 0.3) is 0 Å². The Balaban J connectivity index is 2.28. The van der Waals surface area contributed by atoms with Crippen molar-refractivity contribution in [1.29, 1.82) is 0 Å². The molecule has 1 heterocycles. The van der Waals surface area contributed by atoms with E-state index in [1.807, 2.05) is 12.1 Å². The van der Waals surface area contributed by atoms with Crippen molar-refractivity contribution in [3.05, 3.63) is 23.8 Å². The molecule has 0 aromatic heterocycles. The van der Waals surface area contributed by atoms with Gasteiger partial charge in [-0.25, -0.2) is 0 Å². The number of hydrogen-bond acceptors (Lipinski definition) is 4. The molecule has 1 amide bonds. The summed E-state index contributed by atoms with van der Waals surface area (Å²) in [6, 6.07) is 4.95. The highest BCUT2D eigenvalue weighted by molar-refractivity contribution is 8.00. The van der Waals surface area contributed by atoms with Crippen LogP contribution < -0.4 is 10.6 Å². The summed E-state index contributed by atoms with van der Waals surface area (Å²) < 4.78 is 0. The fourth-order valence-corrected chi connectivity index (χ4v) is 2.88. The number of hydrogen-bond donors (Lipinski definition) is 2. The van der Waals surface area contributed by atoms with E-state index >= 15 is 0 Å². The molecule has 0 radical (unpaired) electrons. The van der Waals surface area contributed by atoms with Gasteiger partial charge in [0.15, 0.2) is 0 Å². The molecule has 3 N–H and O–H groups in total. The monoisotopic (exact) mass is 266 g/mol. The Morgan fingerprint density at radius 1 is 1.61 bits per heavy atom. The van der Waals surface area contributed by atoms with Crippen molar-refractivity contribution >= 4 is 29.3 Å². The van der Waals surface area contributed by atoms with Gasteiger partial charge < -0.3 is 15.7 Å². The van der Waals surface area contributed by atoms with Crippen molar-refractivity contribution in [2.75, 3.05) is 17.7 Å². The van der Waals surface area contributed by atoms with Gasteiger partial charge in [0, 0.05) is 18.0 Å². The summed E-state index contributed by atoms with van der Waals surface area (Å²) in [4.78, 5) is 24.7. The number of anilines is 1. The summed E-state index contributed by atoms with van der Waals surface area (Å²) in [5.74, 6) is -0.448. The number of thioether (sulfide) groups is 1. The van der Waals surface area contributed by atoms with Crippen LogP contribution in [0.25, 0.3) is 0 Å². The first kappa shape index (κ1) is 12.9. The van der Waals surface area contributed by atoms with E-state index in [0.717, 1.165) is 16.1 Å². The molecule has 1 unspecified atom stereocenters. The molecule has 1 aromatic rings. The number of carboxylic acid groups (broad SMARTS) is 1. The van der Waals surface area contributed by atoms with E-state index < -0.39 is 12.0 Å². The first-order chi connectivity index (χ1) is 8.49. The van der Waals surface area contributed by atoms with Crippen molar-refractivity contribution in [2.45, 2.75) is 17.4 Å². The van der Waals surface area contributed by atoms with E-state index in [-0.39, 0.29) is 12.3 Å². The number of aliphatic carboxylic acids is 1. The maximum absolute atomic E-state index is 11.5. The van der Waals surface area contributed by atoms with Gasteiger partial charge in [-0.2, -0.15) is 0 Å². The lowest BCUT2D eigenvalue weighted by molar-refractivity contribution is -0.137. The molecular weight excluding hydrogens is 252 g/mol. The SMILES string of the molecule is CN1C(=O)CSc2cc(C(N)CC(=O)O)ccc21. The first-order valence-corrected chi connectivity index (χ1v) is 6.48. The molecule has 2 rings (SSSR count).